The van der Waals surface area contributed by atoms with Crippen molar-refractivity contribution < 1.29 is 12.6 Å². The van der Waals surface area contributed by atoms with Crippen molar-refractivity contribution in [3.63, 3.8) is 0 Å². The van der Waals surface area contributed by atoms with E-state index in [4.69, 9.17) is 0 Å². The largest absolute Gasteiger partial charge is 0.261 e. The summed E-state index contributed by atoms with van der Waals surface area (Å²) < 4.78 is 40.4. The molecule has 0 N–H and O–H groups in total. The lowest BCUT2D eigenvalue weighted by Gasteiger charge is -2.14. The van der Waals surface area contributed by atoms with Crippen molar-refractivity contribution in [3.05, 3.63) is 42.3 Å². The Morgan fingerprint density at radius 2 is 1.70 bits per heavy atom. The minimum Gasteiger partial charge on any atom is -0.239 e. The molecule has 0 aliphatic heterocycles. The van der Waals surface area contributed by atoms with E-state index in [2.05, 4.69) is 30.0 Å². The Morgan fingerprint density at radius 3 is 2.15 bits per heavy atom. The fourth-order valence-corrected chi connectivity index (χ4v) is 7.88. The third-order valence-corrected chi connectivity index (χ3v) is 8.67. The molecule has 1 aromatic carbocycles. The summed E-state index contributed by atoms with van der Waals surface area (Å²) in [6.45, 7) is 9.74. The number of hydrogen-bond acceptors (Lipinski definition) is 3. The number of sulfonamides is 1. The molecule has 0 aromatic heterocycles. The number of hydrogen-bond donors (Lipinski definition) is 0. The van der Waals surface area contributed by atoms with E-state index in [1.165, 1.54) is 0 Å². The summed E-state index contributed by atoms with van der Waals surface area (Å²) in [6.07, 6.45) is 0. The standard InChI is InChI=1S/C13H21NO3S2Si/c1-5-18(15,13-9-7-6-8-10-13)14-19(16,17)11-12-20(2,3)4/h5-10H,1,11-12H2,2-4H3. The zero-order valence-electron chi connectivity index (χ0n) is 12.1. The van der Waals surface area contributed by atoms with Crippen molar-refractivity contribution in [1.29, 1.82) is 0 Å². The molecule has 0 aliphatic rings. The van der Waals surface area contributed by atoms with E-state index < -0.39 is 27.8 Å². The monoisotopic (exact) mass is 331 g/mol. The van der Waals surface area contributed by atoms with Crippen LogP contribution in [0, 0.1) is 0 Å². The highest BCUT2D eigenvalue weighted by Crippen LogP contribution is 2.18. The van der Waals surface area contributed by atoms with Gasteiger partial charge in [-0.25, -0.2) is 12.6 Å². The summed E-state index contributed by atoms with van der Waals surface area (Å²) in [6, 6.07) is 8.96. The molecule has 0 heterocycles. The van der Waals surface area contributed by atoms with Crippen LogP contribution < -0.4 is 0 Å². The maximum Gasteiger partial charge on any atom is 0.261 e. The van der Waals surface area contributed by atoms with Gasteiger partial charge in [0.1, 0.15) is 9.73 Å². The van der Waals surface area contributed by atoms with Gasteiger partial charge >= 0.3 is 0 Å². The molecule has 0 spiro atoms. The smallest absolute Gasteiger partial charge is 0.239 e. The van der Waals surface area contributed by atoms with E-state index in [0.29, 0.717) is 10.9 Å². The summed E-state index contributed by atoms with van der Waals surface area (Å²) in [5, 5.41) is 1.12. The summed E-state index contributed by atoms with van der Waals surface area (Å²) in [5.74, 6) is -0.0552. The first kappa shape index (κ1) is 17.1. The van der Waals surface area contributed by atoms with Crippen molar-refractivity contribution in [2.24, 2.45) is 3.77 Å². The van der Waals surface area contributed by atoms with Crippen molar-refractivity contribution >= 4 is 27.8 Å². The summed E-state index contributed by atoms with van der Waals surface area (Å²) in [5.41, 5.74) is 0. The van der Waals surface area contributed by atoms with E-state index in [-0.39, 0.29) is 5.75 Å². The van der Waals surface area contributed by atoms with Gasteiger partial charge in [0.2, 0.25) is 0 Å². The lowest BCUT2D eigenvalue weighted by molar-refractivity contribution is 0.599. The Bertz CT molecular complexity index is 682. The van der Waals surface area contributed by atoms with Crippen molar-refractivity contribution in [2.75, 3.05) is 5.75 Å². The second-order valence-corrected chi connectivity index (χ2v) is 15.5. The average Bonchev–Trinajstić information content (AvgIpc) is 2.36. The fraction of sp³-hybridized carbons (Fsp3) is 0.385. The van der Waals surface area contributed by atoms with Gasteiger partial charge in [0.15, 0.2) is 0 Å². The van der Waals surface area contributed by atoms with Crippen molar-refractivity contribution in [1.82, 2.24) is 0 Å². The predicted octanol–water partition coefficient (Wildman–Crippen LogP) is 3.33. The Labute approximate surface area is 123 Å². The summed E-state index contributed by atoms with van der Waals surface area (Å²) >= 11 is 0. The first-order chi connectivity index (χ1) is 9.08. The molecule has 4 nitrogen and oxygen atoms in total. The van der Waals surface area contributed by atoms with Crippen LogP contribution in [0.2, 0.25) is 25.7 Å². The molecule has 0 saturated carbocycles. The lowest BCUT2D eigenvalue weighted by atomic mass is 10.4. The molecule has 20 heavy (non-hydrogen) atoms. The van der Waals surface area contributed by atoms with Crippen LogP contribution in [-0.4, -0.2) is 26.5 Å². The molecule has 0 radical (unpaired) electrons. The van der Waals surface area contributed by atoms with Crippen LogP contribution in [0.1, 0.15) is 0 Å². The fourth-order valence-electron chi connectivity index (χ4n) is 1.43. The molecule has 1 aromatic rings. The van der Waals surface area contributed by atoms with Crippen molar-refractivity contribution in [3.8, 4) is 0 Å². The first-order valence-corrected chi connectivity index (χ1v) is 13.2. The maximum atomic E-state index is 12.6. The van der Waals surface area contributed by atoms with Crippen LogP contribution in [0.25, 0.3) is 0 Å². The van der Waals surface area contributed by atoms with Gasteiger partial charge in [-0.2, -0.15) is 0 Å². The average molecular weight is 332 g/mol. The minimum absolute atomic E-state index is 0.0552. The number of rotatable bonds is 6. The third kappa shape index (κ3) is 5.22. The second kappa shape index (κ2) is 6.24. The second-order valence-electron chi connectivity index (χ2n) is 5.72. The van der Waals surface area contributed by atoms with E-state index in [1.54, 1.807) is 30.3 Å². The molecule has 0 aliphatic carbocycles. The quantitative estimate of drug-likeness (QED) is 0.751. The van der Waals surface area contributed by atoms with Gasteiger partial charge in [-0.3, -0.25) is 0 Å². The normalized spacial score (nSPS) is 15.3. The van der Waals surface area contributed by atoms with Gasteiger partial charge in [-0.1, -0.05) is 44.4 Å². The molecule has 112 valence electrons. The van der Waals surface area contributed by atoms with Crippen LogP contribution in [-0.2, 0) is 19.8 Å². The van der Waals surface area contributed by atoms with Crippen LogP contribution >= 0.6 is 0 Å². The number of nitrogens with zero attached hydrogens (tertiary/aromatic N) is 1. The third-order valence-electron chi connectivity index (χ3n) is 2.64. The minimum atomic E-state index is -3.72. The highest BCUT2D eigenvalue weighted by atomic mass is 32.3. The Kier molecular flexibility index (Phi) is 5.34. The maximum absolute atomic E-state index is 12.6. The van der Waals surface area contributed by atoms with Crippen LogP contribution in [0.15, 0.2) is 51.0 Å². The molecule has 0 bridgehead atoms. The molecule has 0 amide bonds. The summed E-state index contributed by atoms with van der Waals surface area (Å²) in [4.78, 5) is 0.367. The van der Waals surface area contributed by atoms with Gasteiger partial charge in [0.25, 0.3) is 10.0 Å². The van der Waals surface area contributed by atoms with Gasteiger partial charge in [0, 0.05) is 13.5 Å². The highest BCUT2D eigenvalue weighted by molar-refractivity contribution is 8.05. The van der Waals surface area contributed by atoms with Crippen LogP contribution in [0.5, 0.6) is 0 Å². The van der Waals surface area contributed by atoms with Gasteiger partial charge < -0.3 is 0 Å². The van der Waals surface area contributed by atoms with E-state index in [9.17, 15) is 12.6 Å². The van der Waals surface area contributed by atoms with Gasteiger partial charge in [0.05, 0.1) is 10.6 Å². The predicted molar refractivity (Wildman–Crippen MR) is 87.4 cm³/mol. The highest BCUT2D eigenvalue weighted by Gasteiger charge is 2.21. The van der Waals surface area contributed by atoms with E-state index in [0.717, 1.165) is 5.41 Å². The molecule has 0 saturated heterocycles. The Hall–Kier alpha value is -0.923. The molecule has 1 rings (SSSR count). The topological polar surface area (TPSA) is 63.6 Å². The lowest BCUT2D eigenvalue weighted by Crippen LogP contribution is -2.23. The molecular formula is C13H21NO3S2Si. The van der Waals surface area contributed by atoms with E-state index in [1.807, 2.05) is 0 Å². The number of benzene rings is 1. The molecule has 0 fully saturated rings. The molecule has 1 unspecified atom stereocenters. The van der Waals surface area contributed by atoms with E-state index >= 15 is 0 Å². The van der Waals surface area contributed by atoms with Crippen LogP contribution in [0.4, 0.5) is 0 Å². The molecule has 7 heteroatoms. The van der Waals surface area contributed by atoms with Gasteiger partial charge in [-0.05, 0) is 18.2 Å². The summed E-state index contributed by atoms with van der Waals surface area (Å²) in [7, 11) is -8.32. The first-order valence-electron chi connectivity index (χ1n) is 6.27. The zero-order valence-corrected chi connectivity index (χ0v) is 14.7. The van der Waals surface area contributed by atoms with Crippen LogP contribution in [0.3, 0.4) is 0 Å². The van der Waals surface area contributed by atoms with Crippen molar-refractivity contribution in [2.45, 2.75) is 30.6 Å². The SMILES string of the molecule is C=CS(=O)(=NS(=O)(=O)CC[Si](C)(C)C)c1ccccc1. The molecular weight excluding hydrogens is 310 g/mol. The zero-order chi connectivity index (χ0) is 15.4. The van der Waals surface area contributed by atoms with Gasteiger partial charge in [-0.15, -0.1) is 3.77 Å². The Morgan fingerprint density at radius 1 is 1.15 bits per heavy atom. The molecule has 1 atom stereocenters. The Balaban J connectivity index is 3.18.